The Labute approximate surface area is 159 Å². The fourth-order valence-corrected chi connectivity index (χ4v) is 3.24. The van der Waals surface area contributed by atoms with Gasteiger partial charge in [-0.05, 0) is 30.2 Å². The van der Waals surface area contributed by atoms with Crippen molar-refractivity contribution in [3.05, 3.63) is 35.6 Å². The molecule has 1 fully saturated rings. The molecule has 8 nitrogen and oxygen atoms in total. The van der Waals surface area contributed by atoms with Gasteiger partial charge in [0.1, 0.15) is 0 Å². The number of furan rings is 1. The summed E-state index contributed by atoms with van der Waals surface area (Å²) in [7, 11) is 0. The molecule has 8 heteroatoms. The summed E-state index contributed by atoms with van der Waals surface area (Å²) in [5.41, 5.74) is 2.21. The molecule has 28 heavy (non-hydrogen) atoms. The molecular formula is C20H17NO7. The van der Waals surface area contributed by atoms with Crippen LogP contribution in [0.25, 0.3) is 17.0 Å². The zero-order valence-electron chi connectivity index (χ0n) is 14.9. The van der Waals surface area contributed by atoms with Crippen LogP contribution in [-0.4, -0.2) is 35.2 Å². The summed E-state index contributed by atoms with van der Waals surface area (Å²) < 4.78 is 11.4. The van der Waals surface area contributed by atoms with E-state index in [1.807, 2.05) is 12.1 Å². The Hall–Kier alpha value is -3.42. The van der Waals surface area contributed by atoms with E-state index < -0.39 is 17.8 Å². The van der Waals surface area contributed by atoms with Crippen LogP contribution in [0, 0.1) is 0 Å². The quantitative estimate of drug-likeness (QED) is 0.557. The number of benzene rings is 1. The van der Waals surface area contributed by atoms with Crippen molar-refractivity contribution in [3.63, 3.8) is 0 Å². The lowest BCUT2D eigenvalue weighted by Gasteiger charge is -2.16. The Morgan fingerprint density at radius 3 is 2.71 bits per heavy atom. The minimum atomic E-state index is -0.677. The normalized spacial score (nSPS) is 16.0. The highest BCUT2D eigenvalue weighted by molar-refractivity contribution is 6.02. The first kappa shape index (κ1) is 18.0. The number of allylic oxidation sites excluding steroid dienone is 1. The summed E-state index contributed by atoms with van der Waals surface area (Å²) in [6.45, 7) is 0.182. The largest absolute Gasteiger partial charge is 0.489 e. The van der Waals surface area contributed by atoms with Crippen molar-refractivity contribution >= 4 is 40.6 Å². The smallest absolute Gasteiger partial charge is 0.333 e. The molecule has 0 N–H and O–H groups in total. The molecule has 0 spiro atoms. The van der Waals surface area contributed by atoms with Crippen molar-refractivity contribution in [2.24, 2.45) is 0 Å². The number of hydrogen-bond acceptors (Lipinski definition) is 7. The molecule has 0 saturated carbocycles. The Morgan fingerprint density at radius 1 is 1.14 bits per heavy atom. The molecule has 1 saturated heterocycles. The van der Waals surface area contributed by atoms with Gasteiger partial charge in [0.15, 0.2) is 17.1 Å². The van der Waals surface area contributed by atoms with Crippen LogP contribution >= 0.6 is 0 Å². The third kappa shape index (κ3) is 3.40. The van der Waals surface area contributed by atoms with E-state index in [1.54, 1.807) is 12.3 Å². The van der Waals surface area contributed by atoms with Gasteiger partial charge in [0.25, 0.3) is 11.8 Å². The predicted octanol–water partition coefficient (Wildman–Crippen LogP) is 2.34. The molecule has 1 aliphatic heterocycles. The molecule has 1 aliphatic carbocycles. The minimum Gasteiger partial charge on any atom is -0.489 e. The number of nitrogens with zero attached hydrogens (tertiary/aromatic N) is 1. The zero-order valence-corrected chi connectivity index (χ0v) is 14.9. The summed E-state index contributed by atoms with van der Waals surface area (Å²) >= 11 is 0. The number of hydrogen-bond donors (Lipinski definition) is 0. The Bertz CT molecular complexity index is 1000. The van der Waals surface area contributed by atoms with Crippen LogP contribution < -0.4 is 4.74 Å². The van der Waals surface area contributed by atoms with Crippen LogP contribution in [0.2, 0.25) is 0 Å². The molecule has 2 amide bonds. The van der Waals surface area contributed by atoms with Crippen LogP contribution in [0.1, 0.15) is 36.8 Å². The van der Waals surface area contributed by atoms with E-state index in [2.05, 4.69) is 0 Å². The van der Waals surface area contributed by atoms with Gasteiger partial charge in [-0.2, -0.15) is 0 Å². The number of imide groups is 1. The van der Waals surface area contributed by atoms with Gasteiger partial charge in [-0.3, -0.25) is 14.4 Å². The van der Waals surface area contributed by atoms with Crippen molar-refractivity contribution in [2.45, 2.75) is 32.1 Å². The highest BCUT2D eigenvalue weighted by atomic mass is 16.7. The maximum atomic E-state index is 11.9. The fourth-order valence-electron chi connectivity index (χ4n) is 3.24. The van der Waals surface area contributed by atoms with Gasteiger partial charge < -0.3 is 14.0 Å². The van der Waals surface area contributed by atoms with Crippen LogP contribution in [0.5, 0.6) is 5.75 Å². The van der Waals surface area contributed by atoms with E-state index in [1.165, 1.54) is 6.08 Å². The molecule has 1 aromatic heterocycles. The number of carbonyl (C=O) groups is 4. The highest BCUT2D eigenvalue weighted by Gasteiger charge is 2.32. The molecule has 0 radical (unpaired) electrons. The van der Waals surface area contributed by atoms with E-state index in [0.717, 1.165) is 16.5 Å². The number of amides is 2. The van der Waals surface area contributed by atoms with E-state index in [0.29, 0.717) is 22.8 Å². The molecule has 144 valence electrons. The molecule has 0 atom stereocenters. The monoisotopic (exact) mass is 383 g/mol. The average Bonchev–Trinajstić information content (AvgIpc) is 3.26. The Balaban J connectivity index is 1.39. The summed E-state index contributed by atoms with van der Waals surface area (Å²) in [6.07, 6.45) is 5.46. The molecule has 0 unspecified atom stereocenters. The molecule has 0 bridgehead atoms. The highest BCUT2D eigenvalue weighted by Crippen LogP contribution is 2.36. The number of ketones is 1. The topological polar surface area (TPSA) is 103 Å². The standard InChI is InChI=1S/C20H17NO7/c22-14-4-3-12-10-13-7-9-27-19(13)20(15(12)11-14)26-8-1-2-18(25)28-21-16(23)5-6-17(21)24/h3-4,7,9-10H,1-2,5-6,8,11H2. The molecule has 2 aromatic rings. The number of hydroxylamine groups is 2. The third-order valence-electron chi connectivity index (χ3n) is 4.61. The lowest BCUT2D eigenvalue weighted by Crippen LogP contribution is -2.32. The average molecular weight is 383 g/mol. The van der Waals surface area contributed by atoms with Crippen LogP contribution in [0.4, 0.5) is 0 Å². The maximum Gasteiger partial charge on any atom is 0.333 e. The summed E-state index contributed by atoms with van der Waals surface area (Å²) in [6, 6.07) is 3.75. The van der Waals surface area contributed by atoms with Gasteiger partial charge in [-0.15, -0.1) is 5.06 Å². The summed E-state index contributed by atoms with van der Waals surface area (Å²) in [5.74, 6) is -1.23. The van der Waals surface area contributed by atoms with Crippen LogP contribution in [0.15, 0.2) is 28.9 Å². The maximum absolute atomic E-state index is 11.9. The fraction of sp³-hybridized carbons (Fsp3) is 0.300. The lowest BCUT2D eigenvalue weighted by atomic mass is 9.94. The first-order valence-corrected chi connectivity index (χ1v) is 8.96. The van der Waals surface area contributed by atoms with Gasteiger partial charge in [-0.1, -0.05) is 6.08 Å². The first-order valence-electron chi connectivity index (χ1n) is 8.96. The zero-order chi connectivity index (χ0) is 19.7. The van der Waals surface area contributed by atoms with Gasteiger partial charge in [0, 0.05) is 30.2 Å². The van der Waals surface area contributed by atoms with E-state index in [4.69, 9.17) is 14.0 Å². The van der Waals surface area contributed by atoms with Gasteiger partial charge >= 0.3 is 5.97 Å². The van der Waals surface area contributed by atoms with Gasteiger partial charge in [0.2, 0.25) is 0 Å². The molecule has 1 aromatic carbocycles. The second-order valence-corrected chi connectivity index (χ2v) is 6.59. The minimum absolute atomic E-state index is 0.0215. The van der Waals surface area contributed by atoms with Crippen LogP contribution in [0.3, 0.4) is 0 Å². The summed E-state index contributed by atoms with van der Waals surface area (Å²) in [5, 5.41) is 1.39. The third-order valence-corrected chi connectivity index (χ3v) is 4.61. The Kier molecular flexibility index (Phi) is 4.68. The van der Waals surface area contributed by atoms with Gasteiger partial charge in [-0.25, -0.2) is 4.79 Å². The van der Waals surface area contributed by atoms with Crippen molar-refractivity contribution in [2.75, 3.05) is 6.61 Å². The van der Waals surface area contributed by atoms with Crippen molar-refractivity contribution in [1.29, 1.82) is 0 Å². The Morgan fingerprint density at radius 2 is 1.93 bits per heavy atom. The van der Waals surface area contributed by atoms with E-state index >= 15 is 0 Å². The van der Waals surface area contributed by atoms with Gasteiger partial charge in [0.05, 0.1) is 19.3 Å². The number of ether oxygens (including phenoxy) is 1. The van der Waals surface area contributed by atoms with E-state index in [9.17, 15) is 19.2 Å². The van der Waals surface area contributed by atoms with Crippen molar-refractivity contribution in [1.82, 2.24) is 5.06 Å². The second kappa shape index (κ2) is 7.30. The molecular weight excluding hydrogens is 366 g/mol. The lowest BCUT2D eigenvalue weighted by molar-refractivity contribution is -0.197. The first-order chi connectivity index (χ1) is 13.5. The molecule has 2 aliphatic rings. The van der Waals surface area contributed by atoms with Crippen LogP contribution in [-0.2, 0) is 30.4 Å². The predicted molar refractivity (Wildman–Crippen MR) is 95.9 cm³/mol. The molecule has 4 rings (SSSR count). The summed E-state index contributed by atoms with van der Waals surface area (Å²) in [4.78, 5) is 51.4. The molecule has 2 heterocycles. The number of carbonyl (C=O) groups excluding carboxylic acids is 4. The SMILES string of the molecule is O=C1C=Cc2cc3ccoc3c(OCCCC(=O)ON3C(=O)CCC3=O)c2C1. The number of rotatable bonds is 6. The van der Waals surface area contributed by atoms with Crippen molar-refractivity contribution in [3.8, 4) is 5.75 Å². The van der Waals surface area contributed by atoms with Crippen molar-refractivity contribution < 1.29 is 33.2 Å². The second-order valence-electron chi connectivity index (χ2n) is 6.59. The van der Waals surface area contributed by atoms with E-state index in [-0.39, 0.29) is 38.1 Å². The number of fused-ring (bicyclic) bond motifs is 2.